The Morgan fingerprint density at radius 1 is 1.33 bits per heavy atom. The molecule has 0 saturated heterocycles. The smallest absolute Gasteiger partial charge is 0.219 e. The summed E-state index contributed by atoms with van der Waals surface area (Å²) >= 11 is 6.05. The summed E-state index contributed by atoms with van der Waals surface area (Å²) < 4.78 is 5.77. The van der Waals surface area contributed by atoms with Gasteiger partial charge in [0.2, 0.25) is 5.91 Å². The summed E-state index contributed by atoms with van der Waals surface area (Å²) in [4.78, 5) is 11.2. The number of carbonyl (C=O) groups excluding carboxylic acids is 1. The van der Waals surface area contributed by atoms with Gasteiger partial charge < -0.3 is 15.4 Å². The number of benzene rings is 1. The van der Waals surface area contributed by atoms with Crippen molar-refractivity contribution < 1.29 is 9.53 Å². The van der Waals surface area contributed by atoms with Gasteiger partial charge in [0.15, 0.2) is 0 Å². The highest BCUT2D eigenvalue weighted by Gasteiger charge is 2.11. The van der Waals surface area contributed by atoms with E-state index in [0.29, 0.717) is 31.0 Å². The SMILES string of the molecule is CNC(=O)CCCOc1ccc(Cl)cc1CNC(C)(C)C. The van der Waals surface area contributed by atoms with Crippen molar-refractivity contribution in [3.05, 3.63) is 28.8 Å². The second-order valence-corrected chi connectivity index (χ2v) is 6.42. The fraction of sp³-hybridized carbons (Fsp3) is 0.562. The highest BCUT2D eigenvalue weighted by atomic mass is 35.5. The largest absolute Gasteiger partial charge is 0.493 e. The zero-order chi connectivity index (χ0) is 15.9. The maximum Gasteiger partial charge on any atom is 0.219 e. The van der Waals surface area contributed by atoms with Gasteiger partial charge in [0.05, 0.1) is 6.61 Å². The van der Waals surface area contributed by atoms with E-state index in [1.165, 1.54) is 0 Å². The van der Waals surface area contributed by atoms with Crippen LogP contribution >= 0.6 is 11.6 Å². The number of amides is 1. The van der Waals surface area contributed by atoms with Gasteiger partial charge in [-0.05, 0) is 45.4 Å². The average Bonchev–Trinajstić information content (AvgIpc) is 2.41. The summed E-state index contributed by atoms with van der Waals surface area (Å²) in [7, 11) is 1.64. The van der Waals surface area contributed by atoms with Crippen LogP contribution in [0.15, 0.2) is 18.2 Å². The Kier molecular flexibility index (Phi) is 6.99. The van der Waals surface area contributed by atoms with Crippen molar-refractivity contribution in [2.45, 2.75) is 45.7 Å². The van der Waals surface area contributed by atoms with Crippen molar-refractivity contribution in [2.75, 3.05) is 13.7 Å². The predicted octanol–water partition coefficient (Wildman–Crippen LogP) is 3.13. The van der Waals surface area contributed by atoms with Crippen LogP contribution in [0, 0.1) is 0 Å². The molecule has 5 heteroatoms. The van der Waals surface area contributed by atoms with Gasteiger partial charge in [-0.3, -0.25) is 4.79 Å². The molecule has 1 amide bonds. The number of rotatable bonds is 7. The van der Waals surface area contributed by atoms with Crippen LogP contribution < -0.4 is 15.4 Å². The lowest BCUT2D eigenvalue weighted by molar-refractivity contribution is -0.120. The van der Waals surface area contributed by atoms with Crippen LogP contribution in [0.5, 0.6) is 5.75 Å². The van der Waals surface area contributed by atoms with Gasteiger partial charge in [0.1, 0.15) is 5.75 Å². The molecular weight excluding hydrogens is 288 g/mol. The Labute approximate surface area is 132 Å². The molecule has 118 valence electrons. The third kappa shape index (κ3) is 7.34. The average molecular weight is 313 g/mol. The zero-order valence-corrected chi connectivity index (χ0v) is 14.0. The van der Waals surface area contributed by atoms with Crippen LogP contribution in [-0.4, -0.2) is 25.1 Å². The molecule has 0 aliphatic rings. The highest BCUT2D eigenvalue weighted by Crippen LogP contribution is 2.23. The number of hydrogen-bond acceptors (Lipinski definition) is 3. The predicted molar refractivity (Wildman–Crippen MR) is 86.8 cm³/mol. The fourth-order valence-corrected chi connectivity index (χ4v) is 1.92. The Morgan fingerprint density at radius 2 is 2.05 bits per heavy atom. The van der Waals surface area contributed by atoms with Gasteiger partial charge >= 0.3 is 0 Å². The van der Waals surface area contributed by atoms with Gasteiger partial charge in [-0.25, -0.2) is 0 Å². The molecular formula is C16H25ClN2O2. The molecule has 0 radical (unpaired) electrons. The number of carbonyl (C=O) groups is 1. The quantitative estimate of drug-likeness (QED) is 0.761. The van der Waals surface area contributed by atoms with E-state index in [9.17, 15) is 4.79 Å². The molecule has 0 aromatic heterocycles. The van der Waals surface area contributed by atoms with Crippen LogP contribution in [0.4, 0.5) is 0 Å². The lowest BCUT2D eigenvalue weighted by Crippen LogP contribution is -2.35. The molecule has 0 fully saturated rings. The van der Waals surface area contributed by atoms with Gasteiger partial charge in [-0.15, -0.1) is 0 Å². The maximum absolute atomic E-state index is 11.2. The highest BCUT2D eigenvalue weighted by molar-refractivity contribution is 6.30. The van der Waals surface area contributed by atoms with Crippen LogP contribution in [0.3, 0.4) is 0 Å². The molecule has 0 heterocycles. The van der Waals surface area contributed by atoms with E-state index in [-0.39, 0.29) is 11.4 Å². The standard InChI is InChI=1S/C16H25ClN2O2/c1-16(2,3)19-11-12-10-13(17)7-8-14(12)21-9-5-6-15(20)18-4/h7-8,10,19H,5-6,9,11H2,1-4H3,(H,18,20). The van der Waals surface area contributed by atoms with E-state index in [0.717, 1.165) is 11.3 Å². The molecule has 0 aliphatic carbocycles. The van der Waals surface area contributed by atoms with Crippen molar-refractivity contribution in [3.8, 4) is 5.75 Å². The topological polar surface area (TPSA) is 50.4 Å². The first-order valence-corrected chi connectivity index (χ1v) is 7.56. The van der Waals surface area contributed by atoms with Crippen molar-refractivity contribution in [2.24, 2.45) is 0 Å². The molecule has 21 heavy (non-hydrogen) atoms. The molecule has 0 saturated carbocycles. The van der Waals surface area contributed by atoms with Crippen molar-refractivity contribution in [3.63, 3.8) is 0 Å². The Hall–Kier alpha value is -1.26. The Balaban J connectivity index is 2.58. The van der Waals surface area contributed by atoms with Gasteiger partial charge in [0, 0.05) is 36.1 Å². The van der Waals surface area contributed by atoms with E-state index >= 15 is 0 Å². The summed E-state index contributed by atoms with van der Waals surface area (Å²) in [5, 5.41) is 6.71. The van der Waals surface area contributed by atoms with Gasteiger partial charge in [0.25, 0.3) is 0 Å². The summed E-state index contributed by atoms with van der Waals surface area (Å²) in [6.07, 6.45) is 1.16. The summed E-state index contributed by atoms with van der Waals surface area (Å²) in [6, 6.07) is 5.60. The minimum Gasteiger partial charge on any atom is -0.493 e. The second-order valence-electron chi connectivity index (χ2n) is 5.98. The number of nitrogens with one attached hydrogen (secondary N) is 2. The van der Waals surface area contributed by atoms with Crippen LogP contribution in [-0.2, 0) is 11.3 Å². The first-order chi connectivity index (χ1) is 9.81. The summed E-state index contributed by atoms with van der Waals surface area (Å²) in [6.45, 7) is 7.54. The maximum atomic E-state index is 11.2. The van der Waals surface area contributed by atoms with Crippen LogP contribution in [0.1, 0.15) is 39.2 Å². The molecule has 2 N–H and O–H groups in total. The molecule has 0 bridgehead atoms. The summed E-state index contributed by atoms with van der Waals surface area (Å²) in [5.41, 5.74) is 1.05. The van der Waals surface area contributed by atoms with Crippen molar-refractivity contribution >= 4 is 17.5 Å². The molecule has 0 aliphatic heterocycles. The Morgan fingerprint density at radius 3 is 2.67 bits per heavy atom. The van der Waals surface area contributed by atoms with E-state index in [2.05, 4.69) is 31.4 Å². The second kappa shape index (κ2) is 8.25. The normalized spacial score (nSPS) is 11.3. The molecule has 1 aromatic rings. The lowest BCUT2D eigenvalue weighted by Gasteiger charge is -2.22. The first kappa shape index (κ1) is 17.8. The molecule has 0 atom stereocenters. The van der Waals surface area contributed by atoms with E-state index in [1.807, 2.05) is 18.2 Å². The number of hydrogen-bond donors (Lipinski definition) is 2. The minimum absolute atomic E-state index is 0.0266. The van der Waals surface area contributed by atoms with E-state index < -0.39 is 0 Å². The van der Waals surface area contributed by atoms with E-state index in [4.69, 9.17) is 16.3 Å². The number of halogens is 1. The molecule has 0 unspecified atom stereocenters. The third-order valence-corrected chi connectivity index (χ3v) is 3.15. The first-order valence-electron chi connectivity index (χ1n) is 7.18. The van der Waals surface area contributed by atoms with Crippen LogP contribution in [0.25, 0.3) is 0 Å². The summed E-state index contributed by atoms with van der Waals surface area (Å²) in [5.74, 6) is 0.845. The third-order valence-electron chi connectivity index (χ3n) is 2.92. The van der Waals surface area contributed by atoms with Gasteiger partial charge in [-0.1, -0.05) is 11.6 Å². The Bertz CT molecular complexity index is 470. The molecule has 1 aromatic carbocycles. The zero-order valence-electron chi connectivity index (χ0n) is 13.3. The molecule has 1 rings (SSSR count). The monoisotopic (exact) mass is 312 g/mol. The lowest BCUT2D eigenvalue weighted by atomic mass is 10.1. The van der Waals surface area contributed by atoms with Crippen molar-refractivity contribution in [1.82, 2.24) is 10.6 Å². The molecule has 0 spiro atoms. The fourth-order valence-electron chi connectivity index (χ4n) is 1.73. The van der Waals surface area contributed by atoms with E-state index in [1.54, 1.807) is 7.05 Å². The van der Waals surface area contributed by atoms with Crippen molar-refractivity contribution in [1.29, 1.82) is 0 Å². The molecule has 4 nitrogen and oxygen atoms in total. The van der Waals surface area contributed by atoms with Crippen LogP contribution in [0.2, 0.25) is 5.02 Å². The van der Waals surface area contributed by atoms with Gasteiger partial charge in [-0.2, -0.15) is 0 Å². The number of ether oxygens (including phenoxy) is 1. The minimum atomic E-state index is 0.0266.